The Morgan fingerprint density at radius 3 is 2.48 bits per heavy atom. The zero-order valence-corrected chi connectivity index (χ0v) is 17.5. The van der Waals surface area contributed by atoms with Gasteiger partial charge in [-0.1, -0.05) is 36.8 Å². The quantitative estimate of drug-likeness (QED) is 0.448. The molecule has 154 valence electrons. The molecule has 2 aromatic carbocycles. The van der Waals surface area contributed by atoms with Gasteiger partial charge in [0, 0.05) is 5.56 Å². The van der Waals surface area contributed by atoms with Crippen LogP contribution in [0.2, 0.25) is 0 Å². The zero-order chi connectivity index (χ0) is 20.4. The highest BCUT2D eigenvalue weighted by molar-refractivity contribution is 5.65. The van der Waals surface area contributed by atoms with E-state index in [9.17, 15) is 8.78 Å². The molecule has 4 atom stereocenters. The molecule has 4 rings (SSSR count). The van der Waals surface area contributed by atoms with E-state index in [-0.39, 0.29) is 11.6 Å². The molecular formula is C27H32F2. The number of hydrogen-bond acceptors (Lipinski definition) is 0. The summed E-state index contributed by atoms with van der Waals surface area (Å²) in [6.45, 7) is 5.59. The van der Waals surface area contributed by atoms with Gasteiger partial charge in [0.15, 0.2) is 0 Å². The van der Waals surface area contributed by atoms with Crippen molar-refractivity contribution >= 4 is 0 Å². The average molecular weight is 395 g/mol. The minimum absolute atomic E-state index is 0.235. The highest BCUT2D eigenvalue weighted by Gasteiger charge is 2.35. The summed E-state index contributed by atoms with van der Waals surface area (Å²) in [7, 11) is 0. The molecule has 0 N–H and O–H groups in total. The van der Waals surface area contributed by atoms with Gasteiger partial charge in [0.25, 0.3) is 0 Å². The Labute approximate surface area is 174 Å². The molecule has 0 amide bonds. The van der Waals surface area contributed by atoms with Crippen LogP contribution in [0.3, 0.4) is 0 Å². The lowest BCUT2D eigenvalue weighted by atomic mass is 9.63. The van der Waals surface area contributed by atoms with Gasteiger partial charge in [0.05, 0.1) is 0 Å². The number of benzene rings is 2. The summed E-state index contributed by atoms with van der Waals surface area (Å²) >= 11 is 0. The van der Waals surface area contributed by atoms with E-state index in [1.165, 1.54) is 44.6 Å². The fourth-order valence-electron chi connectivity index (χ4n) is 5.68. The van der Waals surface area contributed by atoms with Crippen LogP contribution in [0.4, 0.5) is 8.78 Å². The van der Waals surface area contributed by atoms with Crippen LogP contribution in [0.1, 0.15) is 68.4 Å². The molecule has 2 aliphatic rings. The van der Waals surface area contributed by atoms with E-state index in [0.29, 0.717) is 22.6 Å². The molecular weight excluding hydrogens is 362 g/mol. The Morgan fingerprint density at radius 2 is 1.72 bits per heavy atom. The topological polar surface area (TPSA) is 0 Å². The Bertz CT molecular complexity index is 869. The minimum atomic E-state index is -0.284. The van der Waals surface area contributed by atoms with Crippen LogP contribution in [0.5, 0.6) is 0 Å². The fourth-order valence-corrected chi connectivity index (χ4v) is 5.68. The van der Waals surface area contributed by atoms with Crippen molar-refractivity contribution in [3.05, 3.63) is 71.8 Å². The predicted molar refractivity (Wildman–Crippen MR) is 117 cm³/mol. The Hall–Kier alpha value is -1.96. The Morgan fingerprint density at radius 1 is 0.931 bits per heavy atom. The molecule has 2 aromatic rings. The molecule has 2 aliphatic carbocycles. The second kappa shape index (κ2) is 8.81. The largest absolute Gasteiger partial charge is 0.207 e. The molecule has 0 saturated heterocycles. The van der Waals surface area contributed by atoms with Crippen LogP contribution in [-0.4, -0.2) is 0 Å². The van der Waals surface area contributed by atoms with Crippen LogP contribution >= 0.6 is 0 Å². The van der Waals surface area contributed by atoms with Crippen LogP contribution in [-0.2, 0) is 0 Å². The maximum absolute atomic E-state index is 14.9. The number of rotatable bonds is 5. The van der Waals surface area contributed by atoms with Gasteiger partial charge in [0.2, 0.25) is 0 Å². The van der Waals surface area contributed by atoms with Crippen molar-refractivity contribution in [2.75, 3.05) is 0 Å². The van der Waals surface area contributed by atoms with Crippen molar-refractivity contribution in [3.8, 4) is 11.1 Å². The Balaban J connectivity index is 1.44. The summed E-state index contributed by atoms with van der Waals surface area (Å²) in [5.41, 5.74) is 2.80. The first kappa shape index (κ1) is 20.3. The van der Waals surface area contributed by atoms with Crippen LogP contribution in [0.25, 0.3) is 11.1 Å². The lowest BCUT2D eigenvalue weighted by molar-refractivity contribution is 0.115. The van der Waals surface area contributed by atoms with Crippen molar-refractivity contribution in [1.29, 1.82) is 0 Å². The third-order valence-corrected chi connectivity index (χ3v) is 7.45. The van der Waals surface area contributed by atoms with Gasteiger partial charge in [-0.05, 0) is 104 Å². The minimum Gasteiger partial charge on any atom is -0.207 e. The highest BCUT2D eigenvalue weighted by atomic mass is 19.1. The summed E-state index contributed by atoms with van der Waals surface area (Å²) < 4.78 is 28.8. The lowest BCUT2D eigenvalue weighted by Gasteiger charge is -2.42. The summed E-state index contributed by atoms with van der Waals surface area (Å²) in [6.07, 6.45) is 12.1. The smallest absolute Gasteiger partial charge is 0.131 e. The number of halogens is 2. The van der Waals surface area contributed by atoms with Gasteiger partial charge >= 0.3 is 0 Å². The maximum Gasteiger partial charge on any atom is 0.131 e. The van der Waals surface area contributed by atoms with Crippen molar-refractivity contribution in [1.82, 2.24) is 0 Å². The monoisotopic (exact) mass is 394 g/mol. The lowest BCUT2D eigenvalue weighted by Crippen LogP contribution is -2.30. The molecule has 0 nitrogen and oxygen atoms in total. The summed E-state index contributed by atoms with van der Waals surface area (Å²) in [5.74, 6) is 2.46. The van der Waals surface area contributed by atoms with E-state index in [4.69, 9.17) is 0 Å². The van der Waals surface area contributed by atoms with Crippen LogP contribution < -0.4 is 0 Å². The van der Waals surface area contributed by atoms with Crippen molar-refractivity contribution < 1.29 is 8.78 Å². The molecule has 2 fully saturated rings. The van der Waals surface area contributed by atoms with Crippen molar-refractivity contribution in [2.45, 2.75) is 64.2 Å². The van der Waals surface area contributed by atoms with Gasteiger partial charge in [0.1, 0.15) is 11.6 Å². The van der Waals surface area contributed by atoms with Crippen LogP contribution in [0, 0.1) is 36.3 Å². The molecule has 0 heterocycles. The van der Waals surface area contributed by atoms with Gasteiger partial charge in [-0.3, -0.25) is 0 Å². The first-order chi connectivity index (χ1) is 14.0. The fraction of sp³-hybridized carbons (Fsp3) is 0.481. The molecule has 0 aliphatic heterocycles. The summed E-state index contributed by atoms with van der Waals surface area (Å²) in [4.78, 5) is 0. The van der Waals surface area contributed by atoms with E-state index >= 15 is 0 Å². The van der Waals surface area contributed by atoms with E-state index in [2.05, 4.69) is 12.6 Å². The van der Waals surface area contributed by atoms with Gasteiger partial charge in [-0.15, -0.1) is 6.58 Å². The second-order valence-electron chi connectivity index (χ2n) is 9.28. The first-order valence-electron chi connectivity index (χ1n) is 11.2. The van der Waals surface area contributed by atoms with Crippen LogP contribution in [0.15, 0.2) is 49.1 Å². The van der Waals surface area contributed by atoms with E-state index < -0.39 is 0 Å². The number of fused-ring (bicyclic) bond motifs is 1. The number of aryl methyl sites for hydroxylation is 1. The molecule has 0 bridgehead atoms. The third-order valence-electron chi connectivity index (χ3n) is 7.45. The standard InChI is InChI=1S/C27H32F2/c1-3-4-5-19-7-9-21-15-22(11-10-20(21)14-19)23-12-13-25(27(29)16-23)24-8-6-18(2)26(28)17-24/h3,6,8,12-13,16-17,19-22H,1,4-5,7,9-11,14-15H2,2H3. The second-order valence-corrected chi connectivity index (χ2v) is 9.28. The number of hydrogen-bond donors (Lipinski definition) is 0. The summed E-state index contributed by atoms with van der Waals surface area (Å²) in [6, 6.07) is 10.6. The van der Waals surface area contributed by atoms with E-state index in [1.807, 2.05) is 12.1 Å². The van der Waals surface area contributed by atoms with E-state index in [1.54, 1.807) is 25.1 Å². The molecule has 2 heteroatoms. The predicted octanol–water partition coefficient (Wildman–Crippen LogP) is 8.21. The molecule has 29 heavy (non-hydrogen) atoms. The molecule has 4 unspecified atom stereocenters. The van der Waals surface area contributed by atoms with Gasteiger partial charge in [-0.2, -0.15) is 0 Å². The highest BCUT2D eigenvalue weighted by Crippen LogP contribution is 2.48. The van der Waals surface area contributed by atoms with Gasteiger partial charge < -0.3 is 0 Å². The maximum atomic E-state index is 14.9. The van der Waals surface area contributed by atoms with Gasteiger partial charge in [-0.25, -0.2) is 8.78 Å². The molecule has 0 radical (unpaired) electrons. The average Bonchev–Trinajstić information content (AvgIpc) is 2.73. The van der Waals surface area contributed by atoms with Crippen molar-refractivity contribution in [3.63, 3.8) is 0 Å². The zero-order valence-electron chi connectivity index (χ0n) is 17.5. The summed E-state index contributed by atoms with van der Waals surface area (Å²) in [5, 5.41) is 0. The number of allylic oxidation sites excluding steroid dienone is 1. The third kappa shape index (κ3) is 4.47. The normalized spacial score (nSPS) is 26.7. The molecule has 0 spiro atoms. The molecule has 2 saturated carbocycles. The van der Waals surface area contributed by atoms with Crippen molar-refractivity contribution in [2.24, 2.45) is 17.8 Å². The first-order valence-corrected chi connectivity index (χ1v) is 11.2. The Kier molecular flexibility index (Phi) is 6.18. The van der Waals surface area contributed by atoms with E-state index in [0.717, 1.165) is 36.2 Å². The SMILES string of the molecule is C=CCCC1CCC2CC(c3ccc(-c4ccc(C)c(F)c4)c(F)c3)CCC2C1. The molecule has 0 aromatic heterocycles.